The SMILES string of the molecule is Cc1oc(-c2ccc(Cl)cc2)nc1CC(=O)NCCN1CCOCC1. The standard InChI is InChI=1S/C18H22ClN3O3/c1-13-16(21-18(25-13)14-2-4-15(19)5-3-14)12-17(23)20-6-7-22-8-10-24-11-9-22/h2-5H,6-12H2,1H3,(H,20,23). The van der Waals surface area contributed by atoms with Gasteiger partial charge in [-0.15, -0.1) is 0 Å². The number of aryl methyl sites for hydroxylation is 1. The summed E-state index contributed by atoms with van der Waals surface area (Å²) in [7, 11) is 0. The number of hydrogen-bond acceptors (Lipinski definition) is 5. The molecule has 2 aromatic rings. The first kappa shape index (κ1) is 17.9. The van der Waals surface area contributed by atoms with Crippen LogP contribution in [-0.2, 0) is 16.0 Å². The van der Waals surface area contributed by atoms with Gasteiger partial charge in [0.2, 0.25) is 11.8 Å². The number of benzene rings is 1. The van der Waals surface area contributed by atoms with Crippen LogP contribution >= 0.6 is 11.6 Å². The molecule has 0 bridgehead atoms. The van der Waals surface area contributed by atoms with Gasteiger partial charge < -0.3 is 14.5 Å². The minimum absolute atomic E-state index is 0.0488. The first-order valence-corrected chi connectivity index (χ1v) is 8.78. The van der Waals surface area contributed by atoms with Crippen LogP contribution in [0, 0.1) is 6.92 Å². The van der Waals surface area contributed by atoms with Crippen LogP contribution in [0.2, 0.25) is 5.02 Å². The summed E-state index contributed by atoms with van der Waals surface area (Å²) < 4.78 is 11.0. The van der Waals surface area contributed by atoms with Crippen molar-refractivity contribution in [2.75, 3.05) is 39.4 Å². The summed E-state index contributed by atoms with van der Waals surface area (Å²) >= 11 is 5.89. The molecule has 1 aliphatic heterocycles. The van der Waals surface area contributed by atoms with E-state index in [1.54, 1.807) is 12.1 Å². The van der Waals surface area contributed by atoms with Gasteiger partial charge in [-0.1, -0.05) is 11.6 Å². The largest absolute Gasteiger partial charge is 0.441 e. The van der Waals surface area contributed by atoms with E-state index in [1.165, 1.54) is 0 Å². The average molecular weight is 364 g/mol. The van der Waals surface area contributed by atoms with Crippen LogP contribution < -0.4 is 5.32 Å². The number of nitrogens with one attached hydrogen (secondary N) is 1. The highest BCUT2D eigenvalue weighted by Crippen LogP contribution is 2.23. The molecule has 1 aliphatic rings. The topological polar surface area (TPSA) is 67.6 Å². The Hall–Kier alpha value is -1.89. The zero-order chi connectivity index (χ0) is 17.6. The van der Waals surface area contributed by atoms with Crippen molar-refractivity contribution in [2.24, 2.45) is 0 Å². The van der Waals surface area contributed by atoms with Crippen molar-refractivity contribution in [3.05, 3.63) is 40.7 Å². The van der Waals surface area contributed by atoms with Gasteiger partial charge >= 0.3 is 0 Å². The molecule has 1 N–H and O–H groups in total. The van der Waals surface area contributed by atoms with Crippen molar-refractivity contribution in [1.29, 1.82) is 0 Å². The Morgan fingerprint density at radius 3 is 2.72 bits per heavy atom. The molecule has 7 heteroatoms. The van der Waals surface area contributed by atoms with Crippen LogP contribution in [0.3, 0.4) is 0 Å². The summed E-state index contributed by atoms with van der Waals surface area (Å²) in [6, 6.07) is 7.27. The number of amides is 1. The Morgan fingerprint density at radius 2 is 2.00 bits per heavy atom. The minimum Gasteiger partial charge on any atom is -0.441 e. The van der Waals surface area contributed by atoms with E-state index < -0.39 is 0 Å². The Kier molecular flexibility index (Phi) is 6.07. The maximum atomic E-state index is 12.1. The molecule has 0 radical (unpaired) electrons. The summed E-state index contributed by atoms with van der Waals surface area (Å²) in [5.74, 6) is 1.12. The molecular formula is C18H22ClN3O3. The zero-order valence-electron chi connectivity index (χ0n) is 14.3. The second-order valence-corrected chi connectivity index (χ2v) is 6.45. The number of morpholine rings is 1. The van der Waals surface area contributed by atoms with Gasteiger partial charge in [-0.2, -0.15) is 0 Å². The van der Waals surface area contributed by atoms with Crippen LogP contribution in [0.4, 0.5) is 0 Å². The molecule has 0 unspecified atom stereocenters. The molecule has 0 saturated carbocycles. The molecule has 6 nitrogen and oxygen atoms in total. The van der Waals surface area contributed by atoms with Crippen LogP contribution in [0.15, 0.2) is 28.7 Å². The van der Waals surface area contributed by atoms with Gasteiger partial charge in [0.15, 0.2) is 0 Å². The van der Waals surface area contributed by atoms with Crippen LogP contribution in [0.5, 0.6) is 0 Å². The lowest BCUT2D eigenvalue weighted by molar-refractivity contribution is -0.120. The van der Waals surface area contributed by atoms with Gasteiger partial charge in [0.1, 0.15) is 5.76 Å². The van der Waals surface area contributed by atoms with E-state index in [2.05, 4.69) is 15.2 Å². The molecule has 1 amide bonds. The first-order valence-electron chi connectivity index (χ1n) is 8.41. The predicted octanol–water partition coefficient (Wildman–Crippen LogP) is 2.29. The van der Waals surface area contributed by atoms with Crippen LogP contribution in [-0.4, -0.2) is 55.2 Å². The minimum atomic E-state index is -0.0488. The lowest BCUT2D eigenvalue weighted by Gasteiger charge is -2.26. The molecule has 0 aliphatic carbocycles. The van der Waals surface area contributed by atoms with Crippen molar-refractivity contribution in [2.45, 2.75) is 13.3 Å². The lowest BCUT2D eigenvalue weighted by atomic mass is 10.2. The van der Waals surface area contributed by atoms with Crippen molar-refractivity contribution < 1.29 is 13.9 Å². The Balaban J connectivity index is 1.51. The monoisotopic (exact) mass is 363 g/mol. The third kappa shape index (κ3) is 5.04. The average Bonchev–Trinajstić information content (AvgIpc) is 2.97. The lowest BCUT2D eigenvalue weighted by Crippen LogP contribution is -2.41. The van der Waals surface area contributed by atoms with E-state index >= 15 is 0 Å². The number of aromatic nitrogens is 1. The van der Waals surface area contributed by atoms with Gasteiger partial charge in [-0.05, 0) is 31.2 Å². The summed E-state index contributed by atoms with van der Waals surface area (Å²) in [6.07, 6.45) is 0.214. The molecule has 25 heavy (non-hydrogen) atoms. The van der Waals surface area contributed by atoms with Crippen molar-refractivity contribution in [1.82, 2.24) is 15.2 Å². The summed E-state index contributed by atoms with van der Waals surface area (Å²) in [6.45, 7) is 6.65. The van der Waals surface area contributed by atoms with E-state index in [1.807, 2.05) is 19.1 Å². The van der Waals surface area contributed by atoms with Crippen LogP contribution in [0.1, 0.15) is 11.5 Å². The molecule has 1 aromatic carbocycles. The molecule has 3 rings (SSSR count). The Morgan fingerprint density at radius 1 is 1.28 bits per heavy atom. The van der Waals surface area contributed by atoms with Crippen LogP contribution in [0.25, 0.3) is 11.5 Å². The molecule has 0 spiro atoms. The summed E-state index contributed by atoms with van der Waals surface area (Å²) in [5, 5.41) is 3.60. The number of rotatable bonds is 6. The summed E-state index contributed by atoms with van der Waals surface area (Å²) in [4.78, 5) is 18.9. The highest BCUT2D eigenvalue weighted by Gasteiger charge is 2.15. The fourth-order valence-corrected chi connectivity index (χ4v) is 2.83. The maximum absolute atomic E-state index is 12.1. The van der Waals surface area contributed by atoms with E-state index in [4.69, 9.17) is 20.8 Å². The molecule has 1 saturated heterocycles. The predicted molar refractivity (Wildman–Crippen MR) is 95.7 cm³/mol. The maximum Gasteiger partial charge on any atom is 0.226 e. The second-order valence-electron chi connectivity index (χ2n) is 6.01. The number of oxazole rings is 1. The normalized spacial score (nSPS) is 15.3. The molecule has 1 aromatic heterocycles. The van der Waals surface area contributed by atoms with Crippen molar-refractivity contribution >= 4 is 17.5 Å². The highest BCUT2D eigenvalue weighted by atomic mass is 35.5. The zero-order valence-corrected chi connectivity index (χ0v) is 15.0. The smallest absolute Gasteiger partial charge is 0.226 e. The van der Waals surface area contributed by atoms with Crippen molar-refractivity contribution in [3.63, 3.8) is 0 Å². The molecular weight excluding hydrogens is 342 g/mol. The number of halogens is 1. The molecule has 1 fully saturated rings. The number of carbonyl (C=O) groups is 1. The number of nitrogens with zero attached hydrogens (tertiary/aromatic N) is 2. The second kappa shape index (κ2) is 8.47. The fraction of sp³-hybridized carbons (Fsp3) is 0.444. The van der Waals surface area contributed by atoms with Gasteiger partial charge in [0.05, 0.1) is 25.3 Å². The third-order valence-electron chi connectivity index (χ3n) is 4.17. The number of ether oxygens (including phenoxy) is 1. The number of carbonyl (C=O) groups excluding carboxylic acids is 1. The van der Waals surface area contributed by atoms with E-state index in [0.717, 1.165) is 38.4 Å². The van der Waals surface area contributed by atoms with E-state index in [9.17, 15) is 4.79 Å². The van der Waals surface area contributed by atoms with Gasteiger partial charge in [0, 0.05) is 36.8 Å². The fourth-order valence-electron chi connectivity index (χ4n) is 2.70. The van der Waals surface area contributed by atoms with Crippen molar-refractivity contribution in [3.8, 4) is 11.5 Å². The van der Waals surface area contributed by atoms with Gasteiger partial charge in [-0.25, -0.2) is 4.98 Å². The van der Waals surface area contributed by atoms with Gasteiger partial charge in [-0.3, -0.25) is 9.69 Å². The third-order valence-corrected chi connectivity index (χ3v) is 4.42. The highest BCUT2D eigenvalue weighted by molar-refractivity contribution is 6.30. The quantitative estimate of drug-likeness (QED) is 0.853. The Labute approximate surface area is 152 Å². The number of hydrogen-bond donors (Lipinski definition) is 1. The van der Waals surface area contributed by atoms with E-state index in [0.29, 0.717) is 28.9 Å². The summed E-state index contributed by atoms with van der Waals surface area (Å²) in [5.41, 5.74) is 1.50. The molecule has 2 heterocycles. The Bertz CT molecular complexity index is 709. The van der Waals surface area contributed by atoms with Gasteiger partial charge in [0.25, 0.3) is 0 Å². The molecule has 134 valence electrons. The van der Waals surface area contributed by atoms with E-state index in [-0.39, 0.29) is 12.3 Å². The molecule has 0 atom stereocenters. The first-order chi connectivity index (χ1) is 12.1.